The van der Waals surface area contributed by atoms with Gasteiger partial charge in [-0.3, -0.25) is 10.1 Å². The first kappa shape index (κ1) is 9.66. The van der Waals surface area contributed by atoms with Crippen molar-refractivity contribution in [3.05, 3.63) is 29.8 Å². The van der Waals surface area contributed by atoms with Crippen molar-refractivity contribution in [3.63, 3.8) is 0 Å². The molecule has 0 aliphatic carbocycles. The van der Waals surface area contributed by atoms with E-state index in [2.05, 4.69) is 10.6 Å². The normalized spacial score (nSPS) is 30.4. The van der Waals surface area contributed by atoms with Crippen LogP contribution in [0, 0.1) is 0 Å². The first-order valence-corrected chi connectivity index (χ1v) is 5.51. The third-order valence-electron chi connectivity index (χ3n) is 3.32. The Morgan fingerprint density at radius 2 is 2.31 bits per heavy atom. The molecule has 1 aromatic carbocycles. The van der Waals surface area contributed by atoms with Crippen LogP contribution in [0.25, 0.3) is 0 Å². The monoisotopic (exact) mass is 218 g/mol. The third-order valence-corrected chi connectivity index (χ3v) is 3.32. The van der Waals surface area contributed by atoms with Gasteiger partial charge in [0, 0.05) is 31.1 Å². The molecule has 0 bridgehead atoms. The molecule has 0 aromatic heterocycles. The fourth-order valence-corrected chi connectivity index (χ4v) is 2.72. The molecule has 2 aliphatic rings. The summed E-state index contributed by atoms with van der Waals surface area (Å²) in [6.07, 6.45) is 0.829. The lowest BCUT2D eigenvalue weighted by Crippen LogP contribution is -2.43. The Balaban J connectivity index is 2.09. The molecule has 2 heterocycles. The number of ether oxygens (including phenoxy) is 1. The van der Waals surface area contributed by atoms with Gasteiger partial charge in [0.2, 0.25) is 0 Å². The molecule has 1 fully saturated rings. The molecule has 0 amide bonds. The van der Waals surface area contributed by atoms with Crippen molar-refractivity contribution in [3.8, 4) is 0 Å². The second-order valence-corrected chi connectivity index (χ2v) is 4.31. The fraction of sp³-hybridized carbons (Fsp3) is 0.417. The second kappa shape index (κ2) is 3.22. The topological polar surface area (TPSA) is 50.4 Å². The largest absolute Gasteiger partial charge is 0.451 e. The van der Waals surface area contributed by atoms with Gasteiger partial charge in [0.15, 0.2) is 5.60 Å². The molecule has 1 aromatic rings. The van der Waals surface area contributed by atoms with Crippen LogP contribution in [0.3, 0.4) is 0 Å². The summed E-state index contributed by atoms with van der Waals surface area (Å²) in [5.41, 5.74) is 1.63. The molecule has 0 spiro atoms. The molecule has 84 valence electrons. The molecule has 2 aliphatic heterocycles. The van der Waals surface area contributed by atoms with Crippen molar-refractivity contribution in [1.82, 2.24) is 5.32 Å². The number of hydrogen-bond acceptors (Lipinski definition) is 4. The molecule has 1 saturated heterocycles. The minimum absolute atomic E-state index is 0.00815. The van der Waals surface area contributed by atoms with E-state index in [0.29, 0.717) is 0 Å². The Hall–Kier alpha value is -1.55. The van der Waals surface area contributed by atoms with Crippen molar-refractivity contribution in [1.29, 1.82) is 0 Å². The van der Waals surface area contributed by atoms with Crippen molar-refractivity contribution >= 4 is 11.7 Å². The highest BCUT2D eigenvalue weighted by molar-refractivity contribution is 5.70. The highest BCUT2D eigenvalue weighted by Gasteiger charge is 2.52. The number of fused-ring (bicyclic) bond motifs is 3. The zero-order chi connectivity index (χ0) is 11.2. The van der Waals surface area contributed by atoms with Gasteiger partial charge < -0.3 is 10.1 Å². The molecule has 0 saturated carbocycles. The number of hydrogen-bond donors (Lipinski definition) is 2. The lowest BCUT2D eigenvalue weighted by Gasteiger charge is -2.28. The van der Waals surface area contributed by atoms with Crippen LogP contribution in [0.1, 0.15) is 18.9 Å². The Bertz CT molecular complexity index is 446. The summed E-state index contributed by atoms with van der Waals surface area (Å²) in [6, 6.07) is 8.00. The maximum absolute atomic E-state index is 11.3. The number of anilines is 1. The first-order chi connectivity index (χ1) is 7.72. The van der Waals surface area contributed by atoms with Gasteiger partial charge >= 0.3 is 5.97 Å². The van der Waals surface area contributed by atoms with E-state index in [1.54, 1.807) is 0 Å². The van der Waals surface area contributed by atoms with Gasteiger partial charge in [0.25, 0.3) is 0 Å². The number of para-hydroxylation sites is 1. The standard InChI is InChI=1S/C12H14N2O2/c1-8(15)16-12-6-7-13-11(12)14-10-5-3-2-4-9(10)12/h2-5,11,13-14H,6-7H2,1H3/t11?,12-/m1/s1. The minimum atomic E-state index is -0.511. The Labute approximate surface area is 94.0 Å². The summed E-state index contributed by atoms with van der Waals surface area (Å²) in [5.74, 6) is -0.229. The van der Waals surface area contributed by atoms with Crippen LogP contribution in [0.5, 0.6) is 0 Å². The molecule has 1 unspecified atom stereocenters. The van der Waals surface area contributed by atoms with E-state index in [9.17, 15) is 4.79 Å². The number of esters is 1. The van der Waals surface area contributed by atoms with Crippen LogP contribution in [0.15, 0.2) is 24.3 Å². The molecular weight excluding hydrogens is 204 g/mol. The smallest absolute Gasteiger partial charge is 0.303 e. The molecular formula is C12H14N2O2. The molecule has 2 N–H and O–H groups in total. The highest BCUT2D eigenvalue weighted by atomic mass is 16.6. The fourth-order valence-electron chi connectivity index (χ4n) is 2.72. The van der Waals surface area contributed by atoms with Crippen LogP contribution < -0.4 is 10.6 Å². The predicted molar refractivity (Wildman–Crippen MR) is 59.9 cm³/mol. The van der Waals surface area contributed by atoms with Crippen LogP contribution in [0.4, 0.5) is 5.69 Å². The first-order valence-electron chi connectivity index (χ1n) is 5.51. The van der Waals surface area contributed by atoms with Gasteiger partial charge in [-0.05, 0) is 6.07 Å². The minimum Gasteiger partial charge on any atom is -0.451 e. The van der Waals surface area contributed by atoms with Gasteiger partial charge in [-0.15, -0.1) is 0 Å². The number of rotatable bonds is 1. The van der Waals surface area contributed by atoms with Crippen molar-refractivity contribution in [2.45, 2.75) is 25.1 Å². The molecule has 3 rings (SSSR count). The molecule has 16 heavy (non-hydrogen) atoms. The number of nitrogens with one attached hydrogen (secondary N) is 2. The maximum atomic E-state index is 11.3. The zero-order valence-corrected chi connectivity index (χ0v) is 9.12. The summed E-state index contributed by atoms with van der Waals surface area (Å²) < 4.78 is 5.59. The predicted octanol–water partition coefficient (Wildman–Crippen LogP) is 1.19. The lowest BCUT2D eigenvalue weighted by molar-refractivity contribution is -0.158. The van der Waals surface area contributed by atoms with Gasteiger partial charge in [-0.25, -0.2) is 0 Å². The number of benzene rings is 1. The zero-order valence-electron chi connectivity index (χ0n) is 9.12. The van der Waals surface area contributed by atoms with E-state index in [1.165, 1.54) is 6.92 Å². The average Bonchev–Trinajstić information content (AvgIpc) is 2.72. The Morgan fingerprint density at radius 3 is 3.12 bits per heavy atom. The second-order valence-electron chi connectivity index (χ2n) is 4.31. The summed E-state index contributed by atoms with van der Waals surface area (Å²) in [7, 11) is 0. The maximum Gasteiger partial charge on any atom is 0.303 e. The summed E-state index contributed by atoms with van der Waals surface area (Å²) in [5, 5.41) is 6.68. The number of carbonyl (C=O) groups is 1. The molecule has 0 radical (unpaired) electrons. The van der Waals surface area contributed by atoms with E-state index >= 15 is 0 Å². The molecule has 4 nitrogen and oxygen atoms in total. The van der Waals surface area contributed by atoms with Gasteiger partial charge in [-0.2, -0.15) is 0 Å². The summed E-state index contributed by atoms with van der Waals surface area (Å²) in [6.45, 7) is 2.32. The molecule has 2 atom stereocenters. The summed E-state index contributed by atoms with van der Waals surface area (Å²) in [4.78, 5) is 11.3. The van der Waals surface area contributed by atoms with E-state index in [-0.39, 0.29) is 12.1 Å². The van der Waals surface area contributed by atoms with Gasteiger partial charge in [-0.1, -0.05) is 18.2 Å². The van der Waals surface area contributed by atoms with Crippen molar-refractivity contribution in [2.75, 3.05) is 11.9 Å². The van der Waals surface area contributed by atoms with E-state index < -0.39 is 5.60 Å². The van der Waals surface area contributed by atoms with Crippen LogP contribution >= 0.6 is 0 Å². The van der Waals surface area contributed by atoms with Gasteiger partial charge in [0.1, 0.15) is 6.17 Å². The van der Waals surface area contributed by atoms with Crippen LogP contribution in [-0.2, 0) is 15.1 Å². The lowest BCUT2D eigenvalue weighted by atomic mass is 9.92. The van der Waals surface area contributed by atoms with Crippen LogP contribution in [0.2, 0.25) is 0 Å². The third kappa shape index (κ3) is 1.16. The highest BCUT2D eigenvalue weighted by Crippen LogP contribution is 2.45. The SMILES string of the molecule is CC(=O)O[C@@]12CCNC1Nc1ccccc12. The van der Waals surface area contributed by atoms with Crippen molar-refractivity contribution < 1.29 is 9.53 Å². The van der Waals surface area contributed by atoms with E-state index in [0.717, 1.165) is 24.2 Å². The van der Waals surface area contributed by atoms with Crippen LogP contribution in [-0.4, -0.2) is 18.7 Å². The average molecular weight is 218 g/mol. The quantitative estimate of drug-likeness (QED) is 0.695. The van der Waals surface area contributed by atoms with E-state index in [1.807, 2.05) is 24.3 Å². The Kier molecular flexibility index (Phi) is 1.94. The Morgan fingerprint density at radius 1 is 1.50 bits per heavy atom. The van der Waals surface area contributed by atoms with E-state index in [4.69, 9.17) is 4.74 Å². The number of carbonyl (C=O) groups excluding carboxylic acids is 1. The summed E-state index contributed by atoms with van der Waals surface area (Å²) >= 11 is 0. The van der Waals surface area contributed by atoms with Gasteiger partial charge in [0.05, 0.1) is 0 Å². The molecule has 4 heteroatoms. The van der Waals surface area contributed by atoms with Crippen molar-refractivity contribution in [2.24, 2.45) is 0 Å².